The molecular formula is C16H29NO3. The highest BCUT2D eigenvalue weighted by molar-refractivity contribution is 5.76. The van der Waals surface area contributed by atoms with E-state index in [2.05, 4.69) is 5.32 Å². The van der Waals surface area contributed by atoms with Crippen LogP contribution in [0, 0.1) is 5.92 Å². The quantitative estimate of drug-likeness (QED) is 0.630. The predicted molar refractivity (Wildman–Crippen MR) is 79.6 cm³/mol. The Morgan fingerprint density at radius 2 is 1.70 bits per heavy atom. The van der Waals surface area contributed by atoms with Crippen LogP contribution in [0.1, 0.15) is 72.6 Å². The fourth-order valence-electron chi connectivity index (χ4n) is 2.83. The van der Waals surface area contributed by atoms with Gasteiger partial charge in [0.15, 0.2) is 0 Å². The number of nitrogens with one attached hydrogen (secondary N) is 1. The minimum absolute atomic E-state index is 0.513. The van der Waals surface area contributed by atoms with Crippen LogP contribution >= 0.6 is 0 Å². The number of aldehydes is 1. The van der Waals surface area contributed by atoms with E-state index in [0.717, 1.165) is 19.1 Å². The van der Waals surface area contributed by atoms with Crippen molar-refractivity contribution in [1.29, 1.82) is 0 Å². The molecule has 1 saturated carbocycles. The first kappa shape index (κ1) is 17.0. The summed E-state index contributed by atoms with van der Waals surface area (Å²) in [5, 5.41) is 2.74. The molecule has 1 amide bonds. The summed E-state index contributed by atoms with van der Waals surface area (Å²) in [6.07, 6.45) is 8.37. The normalized spacial score (nSPS) is 20.6. The molecule has 1 N–H and O–H groups in total. The maximum absolute atomic E-state index is 11.9. The Morgan fingerprint density at radius 3 is 2.15 bits per heavy atom. The first-order valence-corrected chi connectivity index (χ1v) is 7.72. The number of amides is 1. The fraction of sp³-hybridized carbons (Fsp3) is 0.875. The van der Waals surface area contributed by atoms with Crippen LogP contribution in [-0.2, 0) is 9.53 Å². The third-order valence-electron chi connectivity index (χ3n) is 3.73. The zero-order valence-corrected chi connectivity index (χ0v) is 13.3. The van der Waals surface area contributed by atoms with E-state index < -0.39 is 17.2 Å². The zero-order valence-electron chi connectivity index (χ0n) is 13.3. The third-order valence-corrected chi connectivity index (χ3v) is 3.73. The molecular weight excluding hydrogens is 254 g/mol. The van der Waals surface area contributed by atoms with Crippen LogP contribution < -0.4 is 5.32 Å². The summed E-state index contributed by atoms with van der Waals surface area (Å²) in [5.41, 5.74) is -1.37. The van der Waals surface area contributed by atoms with E-state index in [0.29, 0.717) is 12.3 Å². The number of hydrogen-bond acceptors (Lipinski definition) is 3. The van der Waals surface area contributed by atoms with Crippen molar-refractivity contribution >= 4 is 12.4 Å². The molecule has 0 radical (unpaired) electrons. The topological polar surface area (TPSA) is 55.4 Å². The van der Waals surface area contributed by atoms with Gasteiger partial charge >= 0.3 is 6.09 Å². The van der Waals surface area contributed by atoms with Crippen molar-refractivity contribution < 1.29 is 14.3 Å². The first-order chi connectivity index (χ1) is 9.24. The van der Waals surface area contributed by atoms with Gasteiger partial charge in [-0.25, -0.2) is 4.79 Å². The molecule has 116 valence electrons. The van der Waals surface area contributed by atoms with Crippen molar-refractivity contribution in [2.75, 3.05) is 0 Å². The molecule has 0 aliphatic heterocycles. The van der Waals surface area contributed by atoms with Crippen molar-refractivity contribution in [2.45, 2.75) is 83.8 Å². The van der Waals surface area contributed by atoms with Crippen LogP contribution in [0.15, 0.2) is 0 Å². The van der Waals surface area contributed by atoms with Crippen molar-refractivity contribution in [3.63, 3.8) is 0 Å². The van der Waals surface area contributed by atoms with Gasteiger partial charge in [-0.3, -0.25) is 0 Å². The molecule has 0 spiro atoms. The Bertz CT molecular complexity index is 327. The minimum Gasteiger partial charge on any atom is -0.444 e. The molecule has 4 heteroatoms. The molecule has 0 heterocycles. The van der Waals surface area contributed by atoms with E-state index in [4.69, 9.17) is 4.74 Å². The smallest absolute Gasteiger partial charge is 0.408 e. The summed E-state index contributed by atoms with van der Waals surface area (Å²) in [4.78, 5) is 23.3. The van der Waals surface area contributed by atoms with Crippen LogP contribution in [0.4, 0.5) is 4.79 Å². The monoisotopic (exact) mass is 283 g/mol. The van der Waals surface area contributed by atoms with E-state index >= 15 is 0 Å². The van der Waals surface area contributed by atoms with E-state index in [1.165, 1.54) is 25.7 Å². The van der Waals surface area contributed by atoms with Crippen molar-refractivity contribution in [2.24, 2.45) is 5.92 Å². The average molecular weight is 283 g/mol. The maximum atomic E-state index is 11.9. The molecule has 0 aromatic carbocycles. The molecule has 1 aliphatic rings. The van der Waals surface area contributed by atoms with E-state index in [1.54, 1.807) is 6.92 Å². The number of alkyl carbamates (subject to hydrolysis) is 1. The van der Waals surface area contributed by atoms with Gasteiger partial charge in [-0.1, -0.05) is 38.5 Å². The second kappa shape index (κ2) is 7.09. The molecule has 1 unspecified atom stereocenters. The molecule has 0 bridgehead atoms. The first-order valence-electron chi connectivity index (χ1n) is 7.72. The molecule has 20 heavy (non-hydrogen) atoms. The summed E-state index contributed by atoms with van der Waals surface area (Å²) >= 11 is 0. The standard InChI is InChI=1S/C16H29NO3/c1-15(2,3)20-14(19)17-16(4,12-18)11-13-9-7-5-6-8-10-13/h12-13H,5-11H2,1-4H3,(H,17,19). The van der Waals surface area contributed by atoms with Crippen LogP contribution in [0.25, 0.3) is 0 Å². The van der Waals surface area contributed by atoms with Gasteiger partial charge in [-0.15, -0.1) is 0 Å². The van der Waals surface area contributed by atoms with E-state index in [1.807, 2.05) is 20.8 Å². The molecule has 4 nitrogen and oxygen atoms in total. The summed E-state index contributed by atoms with van der Waals surface area (Å²) in [6, 6.07) is 0. The molecule has 1 atom stereocenters. The van der Waals surface area contributed by atoms with Gasteiger partial charge in [0.05, 0.1) is 5.54 Å². The van der Waals surface area contributed by atoms with Crippen LogP contribution in [0.2, 0.25) is 0 Å². The molecule has 1 fully saturated rings. The Labute approximate surface area is 122 Å². The van der Waals surface area contributed by atoms with Gasteiger partial charge in [-0.05, 0) is 40.0 Å². The summed E-state index contributed by atoms with van der Waals surface area (Å²) in [5.74, 6) is 0.516. The summed E-state index contributed by atoms with van der Waals surface area (Å²) in [7, 11) is 0. The lowest BCUT2D eigenvalue weighted by Gasteiger charge is -2.30. The zero-order chi connectivity index (χ0) is 15.2. The lowest BCUT2D eigenvalue weighted by molar-refractivity contribution is -0.113. The number of carbonyl (C=O) groups is 2. The molecule has 1 rings (SSSR count). The number of rotatable bonds is 4. The van der Waals surface area contributed by atoms with E-state index in [-0.39, 0.29) is 0 Å². The maximum Gasteiger partial charge on any atom is 0.408 e. The second-order valence-corrected chi connectivity index (χ2v) is 7.22. The molecule has 0 aromatic rings. The van der Waals surface area contributed by atoms with Crippen molar-refractivity contribution in [1.82, 2.24) is 5.32 Å². The molecule has 0 aromatic heterocycles. The Hall–Kier alpha value is -1.06. The highest BCUT2D eigenvalue weighted by atomic mass is 16.6. The third kappa shape index (κ3) is 6.40. The molecule has 0 saturated heterocycles. The van der Waals surface area contributed by atoms with Crippen LogP contribution in [0.5, 0.6) is 0 Å². The lowest BCUT2D eigenvalue weighted by Crippen LogP contribution is -2.50. The van der Waals surface area contributed by atoms with Gasteiger partial charge in [-0.2, -0.15) is 0 Å². The Kier molecular flexibility index (Phi) is 6.03. The summed E-state index contributed by atoms with van der Waals surface area (Å²) < 4.78 is 5.24. The number of ether oxygens (including phenoxy) is 1. The second-order valence-electron chi connectivity index (χ2n) is 7.22. The van der Waals surface area contributed by atoms with Crippen LogP contribution in [0.3, 0.4) is 0 Å². The van der Waals surface area contributed by atoms with Crippen LogP contribution in [-0.4, -0.2) is 23.5 Å². The Morgan fingerprint density at radius 1 is 1.15 bits per heavy atom. The number of carbonyl (C=O) groups excluding carboxylic acids is 2. The lowest BCUT2D eigenvalue weighted by atomic mass is 9.85. The van der Waals surface area contributed by atoms with Gasteiger partial charge in [0.2, 0.25) is 0 Å². The van der Waals surface area contributed by atoms with Gasteiger partial charge in [0, 0.05) is 0 Å². The van der Waals surface area contributed by atoms with Gasteiger partial charge in [0.1, 0.15) is 11.9 Å². The highest BCUT2D eigenvalue weighted by Gasteiger charge is 2.31. The van der Waals surface area contributed by atoms with Gasteiger partial charge < -0.3 is 14.8 Å². The molecule has 1 aliphatic carbocycles. The largest absolute Gasteiger partial charge is 0.444 e. The summed E-state index contributed by atoms with van der Waals surface area (Å²) in [6.45, 7) is 7.23. The van der Waals surface area contributed by atoms with Crippen molar-refractivity contribution in [3.8, 4) is 0 Å². The van der Waals surface area contributed by atoms with Gasteiger partial charge in [0.25, 0.3) is 0 Å². The SMILES string of the molecule is CC(C=O)(CC1CCCCCC1)NC(=O)OC(C)(C)C. The average Bonchev–Trinajstić information content (AvgIpc) is 2.54. The van der Waals surface area contributed by atoms with Crippen molar-refractivity contribution in [3.05, 3.63) is 0 Å². The fourth-order valence-corrected chi connectivity index (χ4v) is 2.83. The number of hydrogen-bond donors (Lipinski definition) is 1. The minimum atomic E-state index is -0.822. The predicted octanol–water partition coefficient (Wildman–Crippen LogP) is 3.83. The Balaban J connectivity index is 2.56. The van der Waals surface area contributed by atoms with E-state index in [9.17, 15) is 9.59 Å². The highest BCUT2D eigenvalue weighted by Crippen LogP contribution is 2.29.